The van der Waals surface area contributed by atoms with Crippen molar-refractivity contribution in [1.29, 1.82) is 0 Å². The highest BCUT2D eigenvalue weighted by Gasteiger charge is 2.37. The summed E-state index contributed by atoms with van der Waals surface area (Å²) in [6.45, 7) is 0.875. The van der Waals surface area contributed by atoms with E-state index in [0.717, 1.165) is 12.8 Å². The number of carbonyl (C=O) groups is 3. The maximum Gasteiger partial charge on any atom is 0.261 e. The van der Waals surface area contributed by atoms with Gasteiger partial charge in [-0.25, -0.2) is 0 Å². The van der Waals surface area contributed by atoms with Gasteiger partial charge in [-0.15, -0.1) is 0 Å². The van der Waals surface area contributed by atoms with Crippen molar-refractivity contribution in [3.8, 4) is 5.75 Å². The van der Waals surface area contributed by atoms with E-state index in [0.29, 0.717) is 17.9 Å². The average Bonchev–Trinajstić information content (AvgIpc) is 3.31. The molecule has 2 aromatic carbocycles. The quantitative estimate of drug-likeness (QED) is 0.697. The SMILES string of the molecule is COc1c(Cl)cc(C(=O)Nc2ccc3c(c2)C(=O)N(C[C@H]2CCCO2)C3=O)cc1Cl. The van der Waals surface area contributed by atoms with Gasteiger partial charge in [0.05, 0.1) is 40.9 Å². The summed E-state index contributed by atoms with van der Waals surface area (Å²) in [5.74, 6) is -0.925. The van der Waals surface area contributed by atoms with E-state index in [1.54, 1.807) is 6.07 Å². The fourth-order valence-electron chi connectivity index (χ4n) is 3.62. The third kappa shape index (κ3) is 3.76. The summed E-state index contributed by atoms with van der Waals surface area (Å²) >= 11 is 12.2. The summed E-state index contributed by atoms with van der Waals surface area (Å²) in [6.07, 6.45) is 1.61. The first-order valence-electron chi connectivity index (χ1n) is 9.35. The molecule has 0 saturated carbocycles. The predicted octanol–water partition coefficient (Wildman–Crippen LogP) is 4.03. The van der Waals surface area contributed by atoms with Crippen LogP contribution in [-0.2, 0) is 4.74 Å². The van der Waals surface area contributed by atoms with Crippen molar-refractivity contribution in [1.82, 2.24) is 4.90 Å². The summed E-state index contributed by atoms with van der Waals surface area (Å²) in [4.78, 5) is 39.2. The Kier molecular flexibility index (Phi) is 5.69. The normalized spacial score (nSPS) is 18.0. The van der Waals surface area contributed by atoms with Crippen LogP contribution in [0.25, 0.3) is 0 Å². The van der Waals surface area contributed by atoms with Crippen LogP contribution >= 0.6 is 23.2 Å². The van der Waals surface area contributed by atoms with Gasteiger partial charge in [-0.1, -0.05) is 23.2 Å². The number of ether oxygens (including phenoxy) is 2. The number of nitrogens with zero attached hydrogens (tertiary/aromatic N) is 1. The van der Waals surface area contributed by atoms with Crippen molar-refractivity contribution >= 4 is 46.6 Å². The van der Waals surface area contributed by atoms with Gasteiger partial charge in [0.1, 0.15) is 0 Å². The Morgan fingerprint density at radius 3 is 2.50 bits per heavy atom. The number of halogens is 2. The van der Waals surface area contributed by atoms with E-state index in [1.165, 1.54) is 36.3 Å². The number of methoxy groups -OCH3 is 1. The average molecular weight is 449 g/mol. The van der Waals surface area contributed by atoms with Gasteiger partial charge in [-0.3, -0.25) is 19.3 Å². The highest BCUT2D eigenvalue weighted by atomic mass is 35.5. The Morgan fingerprint density at radius 2 is 1.87 bits per heavy atom. The molecule has 2 aliphatic heterocycles. The zero-order chi connectivity index (χ0) is 21.4. The number of hydrogen-bond acceptors (Lipinski definition) is 5. The van der Waals surface area contributed by atoms with Crippen molar-refractivity contribution in [2.45, 2.75) is 18.9 Å². The molecule has 2 heterocycles. The van der Waals surface area contributed by atoms with E-state index in [-0.39, 0.29) is 45.5 Å². The number of fused-ring (bicyclic) bond motifs is 1. The molecule has 4 rings (SSSR count). The molecule has 0 bridgehead atoms. The number of imide groups is 1. The summed E-state index contributed by atoms with van der Waals surface area (Å²) in [7, 11) is 1.43. The van der Waals surface area contributed by atoms with Gasteiger partial charge in [0.15, 0.2) is 5.75 Å². The third-order valence-electron chi connectivity index (χ3n) is 5.10. The molecule has 156 valence electrons. The van der Waals surface area contributed by atoms with Crippen molar-refractivity contribution < 1.29 is 23.9 Å². The van der Waals surface area contributed by atoms with Crippen LogP contribution in [0.5, 0.6) is 5.75 Å². The van der Waals surface area contributed by atoms with E-state index in [1.807, 2.05) is 0 Å². The molecule has 1 N–H and O–H groups in total. The van der Waals surface area contributed by atoms with Crippen LogP contribution in [0.3, 0.4) is 0 Å². The summed E-state index contributed by atoms with van der Waals surface area (Å²) < 4.78 is 10.6. The zero-order valence-electron chi connectivity index (χ0n) is 16.0. The Labute approximate surface area is 182 Å². The molecule has 0 aromatic heterocycles. The summed E-state index contributed by atoms with van der Waals surface area (Å²) in [5, 5.41) is 3.11. The Bertz CT molecular complexity index is 1030. The Hall–Kier alpha value is -2.61. The molecule has 7 nitrogen and oxygen atoms in total. The molecular weight excluding hydrogens is 431 g/mol. The van der Waals surface area contributed by atoms with E-state index in [9.17, 15) is 14.4 Å². The van der Waals surface area contributed by atoms with E-state index in [2.05, 4.69) is 5.32 Å². The maximum atomic E-state index is 12.8. The molecule has 1 atom stereocenters. The monoisotopic (exact) mass is 448 g/mol. The van der Waals surface area contributed by atoms with Crippen LogP contribution in [0.2, 0.25) is 10.0 Å². The fraction of sp³-hybridized carbons (Fsp3) is 0.286. The van der Waals surface area contributed by atoms with Gasteiger partial charge in [-0.05, 0) is 43.2 Å². The third-order valence-corrected chi connectivity index (χ3v) is 5.66. The second kappa shape index (κ2) is 8.26. The Balaban J connectivity index is 1.53. The molecule has 0 radical (unpaired) electrons. The number of carbonyl (C=O) groups excluding carboxylic acids is 3. The van der Waals surface area contributed by atoms with Gasteiger partial charge in [-0.2, -0.15) is 0 Å². The van der Waals surface area contributed by atoms with Gasteiger partial charge in [0, 0.05) is 17.9 Å². The lowest BCUT2D eigenvalue weighted by molar-refractivity contribution is 0.0475. The molecule has 0 spiro atoms. The topological polar surface area (TPSA) is 84.9 Å². The van der Waals surface area contributed by atoms with Crippen molar-refractivity contribution in [3.05, 3.63) is 57.1 Å². The predicted molar refractivity (Wildman–Crippen MR) is 112 cm³/mol. The molecule has 1 fully saturated rings. The van der Waals surface area contributed by atoms with Crippen LogP contribution in [0.4, 0.5) is 5.69 Å². The minimum absolute atomic E-state index is 0.129. The standard InChI is InChI=1S/C21H18Cl2N2O5/c1-29-18-16(22)7-11(8-17(18)23)19(26)24-12-4-5-14-15(9-12)21(28)25(20(14)27)10-13-3-2-6-30-13/h4-5,7-9,13H,2-3,6,10H2,1H3,(H,24,26)/t13-/m1/s1. The lowest BCUT2D eigenvalue weighted by atomic mass is 10.1. The fourth-order valence-corrected chi connectivity index (χ4v) is 4.26. The molecule has 0 unspecified atom stereocenters. The van der Waals surface area contributed by atoms with E-state index < -0.39 is 11.8 Å². The lowest BCUT2D eigenvalue weighted by Crippen LogP contribution is -2.36. The number of hydrogen-bond donors (Lipinski definition) is 1. The number of nitrogens with one attached hydrogen (secondary N) is 1. The molecule has 1 saturated heterocycles. The molecule has 2 aromatic rings. The molecule has 0 aliphatic carbocycles. The largest absolute Gasteiger partial charge is 0.494 e. The summed E-state index contributed by atoms with van der Waals surface area (Å²) in [5.41, 5.74) is 1.17. The molecule has 3 amide bonds. The van der Waals surface area contributed by atoms with Gasteiger partial charge >= 0.3 is 0 Å². The van der Waals surface area contributed by atoms with Gasteiger partial charge in [0.2, 0.25) is 0 Å². The highest BCUT2D eigenvalue weighted by Crippen LogP contribution is 2.34. The van der Waals surface area contributed by atoms with Crippen LogP contribution in [0.15, 0.2) is 30.3 Å². The van der Waals surface area contributed by atoms with Crippen LogP contribution in [0, 0.1) is 0 Å². The number of anilines is 1. The lowest BCUT2D eigenvalue weighted by Gasteiger charge is -2.17. The number of rotatable bonds is 5. The maximum absolute atomic E-state index is 12.8. The zero-order valence-corrected chi connectivity index (χ0v) is 17.5. The van der Waals surface area contributed by atoms with Crippen molar-refractivity contribution in [2.24, 2.45) is 0 Å². The van der Waals surface area contributed by atoms with Crippen LogP contribution in [0.1, 0.15) is 43.9 Å². The smallest absolute Gasteiger partial charge is 0.261 e. The molecule has 30 heavy (non-hydrogen) atoms. The first-order chi connectivity index (χ1) is 14.4. The molecule has 9 heteroatoms. The minimum Gasteiger partial charge on any atom is -0.494 e. The second-order valence-electron chi connectivity index (χ2n) is 7.04. The first kappa shape index (κ1) is 20.7. The molecular formula is C21H18Cl2N2O5. The van der Waals surface area contributed by atoms with Crippen LogP contribution < -0.4 is 10.1 Å². The van der Waals surface area contributed by atoms with Crippen molar-refractivity contribution in [3.63, 3.8) is 0 Å². The second-order valence-corrected chi connectivity index (χ2v) is 7.86. The number of benzene rings is 2. The molecule has 2 aliphatic rings. The van der Waals surface area contributed by atoms with Crippen LogP contribution in [-0.4, -0.2) is 49.0 Å². The van der Waals surface area contributed by atoms with Gasteiger partial charge in [0.25, 0.3) is 17.7 Å². The number of amides is 3. The van der Waals surface area contributed by atoms with Crippen molar-refractivity contribution in [2.75, 3.05) is 25.6 Å². The Morgan fingerprint density at radius 1 is 1.17 bits per heavy atom. The van der Waals surface area contributed by atoms with E-state index >= 15 is 0 Å². The first-order valence-corrected chi connectivity index (χ1v) is 10.1. The highest BCUT2D eigenvalue weighted by molar-refractivity contribution is 6.37. The van der Waals surface area contributed by atoms with E-state index in [4.69, 9.17) is 32.7 Å². The minimum atomic E-state index is -0.464. The van der Waals surface area contributed by atoms with Gasteiger partial charge < -0.3 is 14.8 Å². The summed E-state index contributed by atoms with van der Waals surface area (Å²) in [6, 6.07) is 7.48.